The van der Waals surface area contributed by atoms with E-state index in [0.717, 1.165) is 23.6 Å². The Kier molecular flexibility index (Phi) is 4.93. The molecule has 0 aliphatic rings. The van der Waals surface area contributed by atoms with E-state index in [-0.39, 0.29) is 5.91 Å². The highest BCUT2D eigenvalue weighted by atomic mass is 16.2. The van der Waals surface area contributed by atoms with Crippen LogP contribution in [0.3, 0.4) is 0 Å². The lowest BCUT2D eigenvalue weighted by Gasteiger charge is -2.15. The van der Waals surface area contributed by atoms with Crippen LogP contribution in [0.15, 0.2) is 42.5 Å². The Morgan fingerprint density at radius 1 is 1.14 bits per heavy atom. The summed E-state index contributed by atoms with van der Waals surface area (Å²) in [6.45, 7) is 2.03. The summed E-state index contributed by atoms with van der Waals surface area (Å²) in [5.74, 6) is -0.752. The van der Waals surface area contributed by atoms with E-state index in [1.165, 1.54) is 0 Å². The minimum absolute atomic E-state index is 0.263. The Labute approximate surface area is 124 Å². The maximum absolute atomic E-state index is 12.2. The molecule has 4 heteroatoms. The Bertz CT molecular complexity index is 652. The highest BCUT2D eigenvalue weighted by molar-refractivity contribution is 6.00. The molecule has 0 radical (unpaired) electrons. The molecular weight excluding hydrogens is 264 g/mol. The second-order valence-corrected chi connectivity index (χ2v) is 5.13. The number of carbonyl (C=O) groups excluding carboxylic acids is 2. The monoisotopic (exact) mass is 284 g/mol. The predicted octanol–water partition coefficient (Wildman–Crippen LogP) is 2.61. The van der Waals surface area contributed by atoms with Gasteiger partial charge in [-0.2, -0.15) is 0 Å². The first-order valence-corrected chi connectivity index (χ1v) is 7.21. The van der Waals surface area contributed by atoms with Gasteiger partial charge in [-0.05, 0) is 29.3 Å². The van der Waals surface area contributed by atoms with E-state index in [4.69, 9.17) is 5.73 Å². The van der Waals surface area contributed by atoms with E-state index in [0.29, 0.717) is 12.0 Å². The smallest absolute Gasteiger partial charge is 0.251 e. The lowest BCUT2D eigenvalue weighted by molar-refractivity contribution is -0.120. The van der Waals surface area contributed by atoms with E-state index in [2.05, 4.69) is 5.32 Å². The molecule has 0 aliphatic heterocycles. The molecule has 0 aliphatic carbocycles. The van der Waals surface area contributed by atoms with Crippen LogP contribution in [-0.4, -0.2) is 17.9 Å². The topological polar surface area (TPSA) is 72.2 Å². The molecule has 0 bridgehead atoms. The van der Waals surface area contributed by atoms with Crippen molar-refractivity contribution in [1.82, 2.24) is 5.32 Å². The van der Waals surface area contributed by atoms with Gasteiger partial charge in [-0.15, -0.1) is 0 Å². The molecule has 0 saturated carbocycles. The summed E-state index contributed by atoms with van der Waals surface area (Å²) in [5, 5.41) is 4.79. The maximum Gasteiger partial charge on any atom is 0.251 e. The van der Waals surface area contributed by atoms with Gasteiger partial charge in [0.25, 0.3) is 5.91 Å². The molecular formula is C17H20N2O2. The molecule has 0 fully saturated rings. The zero-order valence-corrected chi connectivity index (χ0v) is 12.1. The number of unbranched alkanes of at least 4 members (excludes halogenated alkanes) is 1. The molecule has 0 spiro atoms. The van der Waals surface area contributed by atoms with E-state index < -0.39 is 11.9 Å². The van der Waals surface area contributed by atoms with Crippen molar-refractivity contribution in [2.75, 3.05) is 0 Å². The highest BCUT2D eigenvalue weighted by Gasteiger charge is 2.18. The fraction of sp³-hybridized carbons (Fsp3) is 0.294. The van der Waals surface area contributed by atoms with Crippen molar-refractivity contribution in [1.29, 1.82) is 0 Å². The molecule has 4 nitrogen and oxygen atoms in total. The van der Waals surface area contributed by atoms with Crippen molar-refractivity contribution in [3.8, 4) is 0 Å². The summed E-state index contributed by atoms with van der Waals surface area (Å²) in [4.78, 5) is 23.6. The minimum Gasteiger partial charge on any atom is -0.368 e. The molecule has 3 N–H and O–H groups in total. The average molecular weight is 284 g/mol. The molecule has 1 atom stereocenters. The van der Waals surface area contributed by atoms with Crippen LogP contribution in [0.25, 0.3) is 10.8 Å². The third-order valence-electron chi connectivity index (χ3n) is 3.51. The van der Waals surface area contributed by atoms with Crippen LogP contribution in [-0.2, 0) is 4.79 Å². The van der Waals surface area contributed by atoms with Crippen molar-refractivity contribution in [2.45, 2.75) is 32.2 Å². The number of nitrogens with one attached hydrogen (secondary N) is 1. The summed E-state index contributed by atoms with van der Waals surface area (Å²) >= 11 is 0. The first kappa shape index (κ1) is 15.0. The third-order valence-corrected chi connectivity index (χ3v) is 3.51. The van der Waals surface area contributed by atoms with Crippen LogP contribution >= 0.6 is 0 Å². The Morgan fingerprint density at radius 2 is 1.86 bits per heavy atom. The molecule has 2 aromatic carbocycles. The number of carbonyl (C=O) groups is 2. The second-order valence-electron chi connectivity index (χ2n) is 5.13. The van der Waals surface area contributed by atoms with Crippen molar-refractivity contribution in [3.63, 3.8) is 0 Å². The summed E-state index contributed by atoms with van der Waals surface area (Å²) < 4.78 is 0. The van der Waals surface area contributed by atoms with Crippen LogP contribution in [0.2, 0.25) is 0 Å². The van der Waals surface area contributed by atoms with Gasteiger partial charge < -0.3 is 11.1 Å². The van der Waals surface area contributed by atoms with Gasteiger partial charge >= 0.3 is 0 Å². The number of rotatable bonds is 6. The van der Waals surface area contributed by atoms with Crippen LogP contribution < -0.4 is 11.1 Å². The number of hydrogen-bond donors (Lipinski definition) is 2. The Balaban J connectivity index is 2.15. The van der Waals surface area contributed by atoms with Gasteiger partial charge in [0.1, 0.15) is 6.04 Å². The molecule has 21 heavy (non-hydrogen) atoms. The zero-order valence-electron chi connectivity index (χ0n) is 12.1. The lowest BCUT2D eigenvalue weighted by atomic mass is 10.1. The van der Waals surface area contributed by atoms with Crippen LogP contribution in [0, 0.1) is 0 Å². The first-order valence-electron chi connectivity index (χ1n) is 7.21. The standard InChI is InChI=1S/C17H20N2O2/c1-2-3-8-15(16(18)20)19-17(21)14-10-9-12-6-4-5-7-13(12)11-14/h4-7,9-11,15H,2-3,8H2,1H3,(H2,18,20)(H,19,21)/t15-/m1/s1. The number of amides is 2. The Hall–Kier alpha value is -2.36. The van der Waals surface area contributed by atoms with Gasteiger partial charge in [-0.25, -0.2) is 0 Å². The molecule has 0 unspecified atom stereocenters. The lowest BCUT2D eigenvalue weighted by Crippen LogP contribution is -2.44. The summed E-state index contributed by atoms with van der Waals surface area (Å²) in [6, 6.07) is 12.7. The SMILES string of the molecule is CCCC[C@@H](NC(=O)c1ccc2ccccc2c1)C(N)=O. The average Bonchev–Trinajstić information content (AvgIpc) is 2.50. The molecule has 2 rings (SSSR count). The third kappa shape index (κ3) is 3.81. The van der Waals surface area contributed by atoms with Gasteiger partial charge in [0.2, 0.25) is 5.91 Å². The quantitative estimate of drug-likeness (QED) is 0.856. The van der Waals surface area contributed by atoms with Crippen LogP contribution in [0.4, 0.5) is 0 Å². The van der Waals surface area contributed by atoms with Gasteiger partial charge in [-0.1, -0.05) is 50.1 Å². The molecule has 2 amide bonds. The van der Waals surface area contributed by atoms with Crippen molar-refractivity contribution >= 4 is 22.6 Å². The number of benzene rings is 2. The zero-order chi connectivity index (χ0) is 15.2. The summed E-state index contributed by atoms with van der Waals surface area (Å²) in [6.07, 6.45) is 2.38. The summed E-state index contributed by atoms with van der Waals surface area (Å²) in [7, 11) is 0. The predicted molar refractivity (Wildman–Crippen MR) is 83.9 cm³/mol. The van der Waals surface area contributed by atoms with Gasteiger partial charge in [-0.3, -0.25) is 9.59 Å². The van der Waals surface area contributed by atoms with E-state index in [9.17, 15) is 9.59 Å². The maximum atomic E-state index is 12.2. The molecule has 0 aromatic heterocycles. The van der Waals surface area contributed by atoms with E-state index in [1.807, 2.05) is 43.3 Å². The fourth-order valence-electron chi connectivity index (χ4n) is 2.27. The largest absolute Gasteiger partial charge is 0.368 e. The molecule has 0 heterocycles. The normalized spacial score (nSPS) is 12.0. The minimum atomic E-state index is -0.607. The number of hydrogen-bond acceptors (Lipinski definition) is 2. The van der Waals surface area contributed by atoms with Gasteiger partial charge in [0.15, 0.2) is 0 Å². The van der Waals surface area contributed by atoms with Crippen molar-refractivity contribution < 1.29 is 9.59 Å². The second kappa shape index (κ2) is 6.88. The molecule has 110 valence electrons. The van der Waals surface area contributed by atoms with E-state index in [1.54, 1.807) is 6.07 Å². The van der Waals surface area contributed by atoms with Crippen LogP contribution in [0.5, 0.6) is 0 Å². The number of fused-ring (bicyclic) bond motifs is 1. The van der Waals surface area contributed by atoms with Crippen molar-refractivity contribution in [3.05, 3.63) is 48.0 Å². The Morgan fingerprint density at radius 3 is 2.52 bits per heavy atom. The highest BCUT2D eigenvalue weighted by Crippen LogP contribution is 2.15. The van der Waals surface area contributed by atoms with Crippen LogP contribution in [0.1, 0.15) is 36.5 Å². The summed E-state index contributed by atoms with van der Waals surface area (Å²) in [5.41, 5.74) is 5.88. The first-order chi connectivity index (χ1) is 10.1. The van der Waals surface area contributed by atoms with Gasteiger partial charge in [0, 0.05) is 5.56 Å². The van der Waals surface area contributed by atoms with E-state index >= 15 is 0 Å². The fourth-order valence-corrected chi connectivity index (χ4v) is 2.27. The number of nitrogens with two attached hydrogens (primary N) is 1. The van der Waals surface area contributed by atoms with Gasteiger partial charge in [0.05, 0.1) is 0 Å². The molecule has 2 aromatic rings. The number of primary amides is 1. The molecule has 0 saturated heterocycles. The van der Waals surface area contributed by atoms with Crippen molar-refractivity contribution in [2.24, 2.45) is 5.73 Å².